The van der Waals surface area contributed by atoms with E-state index < -0.39 is 0 Å². The van der Waals surface area contributed by atoms with Crippen LogP contribution >= 0.6 is 11.8 Å². The zero-order valence-electron chi connectivity index (χ0n) is 18.9. The maximum absolute atomic E-state index is 12.4. The van der Waals surface area contributed by atoms with Crippen LogP contribution in [0.5, 0.6) is 5.88 Å². The van der Waals surface area contributed by atoms with Gasteiger partial charge >= 0.3 is 0 Å². The normalized spacial score (nSPS) is 18.1. The summed E-state index contributed by atoms with van der Waals surface area (Å²) < 4.78 is 6.88. The van der Waals surface area contributed by atoms with Crippen LogP contribution < -0.4 is 20.9 Å². The largest absolute Gasteiger partial charge is 0.481 e. The Balaban J connectivity index is 1.13. The van der Waals surface area contributed by atoms with Crippen molar-refractivity contribution in [1.29, 1.82) is 0 Å². The zero-order valence-corrected chi connectivity index (χ0v) is 19.7. The van der Waals surface area contributed by atoms with Crippen LogP contribution in [0.25, 0.3) is 11.2 Å². The number of carbonyl (C=O) groups is 1. The Labute approximate surface area is 200 Å². The number of rotatable bonds is 8. The number of hydrogen-bond acceptors (Lipinski definition) is 10. The molecule has 1 saturated heterocycles. The van der Waals surface area contributed by atoms with Gasteiger partial charge in [-0.1, -0.05) is 11.8 Å². The lowest BCUT2D eigenvalue weighted by Crippen LogP contribution is -2.31. The van der Waals surface area contributed by atoms with Gasteiger partial charge in [-0.3, -0.25) is 14.2 Å². The van der Waals surface area contributed by atoms with Crippen LogP contribution in [0.2, 0.25) is 0 Å². The van der Waals surface area contributed by atoms with Crippen LogP contribution in [0.4, 0.5) is 5.82 Å². The second-order valence-corrected chi connectivity index (χ2v) is 9.35. The van der Waals surface area contributed by atoms with Crippen molar-refractivity contribution >= 4 is 34.7 Å². The summed E-state index contributed by atoms with van der Waals surface area (Å²) >= 11 is 1.41. The number of hydrogen-bond donors (Lipinski definition) is 2. The first kappa shape index (κ1) is 22.7. The number of ether oxygens (including phenoxy) is 1. The number of nitrogens with zero attached hydrogens (tertiary/aromatic N) is 6. The maximum atomic E-state index is 12.4. The van der Waals surface area contributed by atoms with Gasteiger partial charge in [-0.05, 0) is 31.5 Å². The topological polar surface area (TPSA) is 127 Å². The summed E-state index contributed by atoms with van der Waals surface area (Å²) in [7, 11) is 1.56. The first-order chi connectivity index (χ1) is 16.6. The fraction of sp³-hybridized carbons (Fsp3) is 0.455. The third kappa shape index (κ3) is 5.03. The van der Waals surface area contributed by atoms with Crippen LogP contribution in [-0.4, -0.2) is 74.4 Å². The van der Waals surface area contributed by atoms with Crippen LogP contribution in [0.1, 0.15) is 12.1 Å². The number of carbonyl (C=O) groups excluding carboxylic acids is 1. The third-order valence-corrected chi connectivity index (χ3v) is 6.99. The summed E-state index contributed by atoms with van der Waals surface area (Å²) in [6.45, 7) is 4.73. The molecule has 3 aromatic rings. The summed E-state index contributed by atoms with van der Waals surface area (Å²) in [5, 5.41) is 7.01. The second kappa shape index (κ2) is 10.0. The van der Waals surface area contributed by atoms with Crippen molar-refractivity contribution in [1.82, 2.24) is 34.7 Å². The van der Waals surface area contributed by atoms with Crippen molar-refractivity contribution < 1.29 is 9.53 Å². The van der Waals surface area contributed by atoms with Gasteiger partial charge in [0.2, 0.25) is 11.8 Å². The molecule has 1 amide bonds. The van der Waals surface area contributed by atoms with Gasteiger partial charge in [0.25, 0.3) is 5.56 Å². The summed E-state index contributed by atoms with van der Waals surface area (Å²) in [5.41, 5.74) is 1.87. The highest BCUT2D eigenvalue weighted by atomic mass is 32.2. The summed E-state index contributed by atoms with van der Waals surface area (Å²) in [4.78, 5) is 43.9. The molecule has 11 nitrogen and oxygen atoms in total. The number of fused-ring (bicyclic) bond motifs is 2. The first-order valence-corrected chi connectivity index (χ1v) is 12.2. The average molecular weight is 483 g/mol. The molecule has 5 heterocycles. The Morgan fingerprint density at radius 1 is 1.21 bits per heavy atom. The fourth-order valence-electron chi connectivity index (χ4n) is 4.27. The molecule has 178 valence electrons. The van der Waals surface area contributed by atoms with Gasteiger partial charge in [0, 0.05) is 32.2 Å². The van der Waals surface area contributed by atoms with Crippen molar-refractivity contribution in [3.8, 4) is 5.88 Å². The highest BCUT2D eigenvalue weighted by Gasteiger charge is 2.23. The predicted molar refractivity (Wildman–Crippen MR) is 128 cm³/mol. The minimum atomic E-state index is -0.161. The van der Waals surface area contributed by atoms with Gasteiger partial charge in [0.05, 0.1) is 31.0 Å². The Bertz CT molecular complexity index is 1270. The lowest BCUT2D eigenvalue weighted by atomic mass is 10.1. The van der Waals surface area contributed by atoms with Crippen molar-refractivity contribution in [2.24, 2.45) is 5.92 Å². The molecule has 0 bridgehead atoms. The standard InChI is InChI=1S/C22H26N8O3S/c1-33-18-3-2-16-21(28-18)30(19(32)11-24-16)7-6-29-5-4-14(12-29)8-23-9-15-10-25-22-20(26-15)27-17(31)13-34-22/h2-3,10-11,14,23H,4-9,12-13H2,1H3,(H,26,27,31)/t14-/m0/s1. The molecule has 0 saturated carbocycles. The number of amides is 1. The fourth-order valence-corrected chi connectivity index (χ4v) is 4.97. The van der Waals surface area contributed by atoms with E-state index in [1.807, 2.05) is 6.07 Å². The van der Waals surface area contributed by atoms with E-state index in [1.54, 1.807) is 23.9 Å². The van der Waals surface area contributed by atoms with Crippen molar-refractivity contribution in [2.45, 2.75) is 24.5 Å². The highest BCUT2D eigenvalue weighted by molar-refractivity contribution is 8.00. The van der Waals surface area contributed by atoms with Crippen molar-refractivity contribution in [2.75, 3.05) is 44.4 Å². The quantitative estimate of drug-likeness (QED) is 0.475. The molecule has 12 heteroatoms. The number of methoxy groups -OCH3 is 1. The number of pyridine rings is 1. The molecule has 2 N–H and O–H groups in total. The van der Waals surface area contributed by atoms with E-state index in [4.69, 9.17) is 4.74 Å². The van der Waals surface area contributed by atoms with Crippen molar-refractivity contribution in [3.63, 3.8) is 0 Å². The Kier molecular flexibility index (Phi) is 6.70. The highest BCUT2D eigenvalue weighted by Crippen LogP contribution is 2.27. The molecule has 34 heavy (non-hydrogen) atoms. The summed E-state index contributed by atoms with van der Waals surface area (Å²) in [6.07, 6.45) is 4.20. The molecule has 0 aliphatic carbocycles. The van der Waals surface area contributed by atoms with E-state index in [0.29, 0.717) is 47.6 Å². The molecule has 1 atom stereocenters. The van der Waals surface area contributed by atoms with Crippen LogP contribution in [0.15, 0.2) is 34.3 Å². The molecule has 3 aromatic heterocycles. The SMILES string of the molecule is COc1ccc2ncc(=O)n(CCN3CC[C@@H](CNCc4cnc5c(n4)NC(=O)CS5)C3)c2n1. The summed E-state index contributed by atoms with van der Waals surface area (Å²) in [6, 6.07) is 3.56. The van der Waals surface area contributed by atoms with Crippen LogP contribution in [0.3, 0.4) is 0 Å². The lowest BCUT2D eigenvalue weighted by molar-refractivity contribution is -0.113. The number of thioether (sulfide) groups is 1. The van der Waals surface area contributed by atoms with Crippen LogP contribution in [-0.2, 0) is 17.9 Å². The van der Waals surface area contributed by atoms with Gasteiger partial charge in [0.1, 0.15) is 10.5 Å². The van der Waals surface area contributed by atoms with E-state index in [-0.39, 0.29) is 11.5 Å². The minimum absolute atomic E-state index is 0.0418. The van der Waals surface area contributed by atoms with E-state index >= 15 is 0 Å². The molecule has 5 rings (SSSR count). The van der Waals surface area contributed by atoms with Gasteiger partial charge in [0.15, 0.2) is 11.5 Å². The molecular weight excluding hydrogens is 456 g/mol. The molecule has 0 unspecified atom stereocenters. The van der Waals surface area contributed by atoms with Crippen LogP contribution in [0, 0.1) is 5.92 Å². The number of likely N-dealkylation sites (tertiary alicyclic amines) is 1. The van der Waals surface area contributed by atoms with Crippen molar-refractivity contribution in [3.05, 3.63) is 40.6 Å². The predicted octanol–water partition coefficient (Wildman–Crippen LogP) is 0.746. The van der Waals surface area contributed by atoms with E-state index in [2.05, 4.69) is 35.5 Å². The molecule has 2 aliphatic heterocycles. The van der Waals surface area contributed by atoms with Gasteiger partial charge in [-0.25, -0.2) is 15.0 Å². The van der Waals surface area contributed by atoms with Gasteiger partial charge in [-0.2, -0.15) is 4.98 Å². The lowest BCUT2D eigenvalue weighted by Gasteiger charge is -2.18. The molecule has 0 radical (unpaired) electrons. The number of aromatic nitrogens is 5. The second-order valence-electron chi connectivity index (χ2n) is 8.38. The van der Waals surface area contributed by atoms with E-state index in [1.165, 1.54) is 18.0 Å². The first-order valence-electron chi connectivity index (χ1n) is 11.2. The maximum Gasteiger partial charge on any atom is 0.270 e. The summed E-state index contributed by atoms with van der Waals surface area (Å²) in [5.74, 6) is 1.88. The molecule has 0 spiro atoms. The molecular formula is C22H26N8O3S. The Morgan fingerprint density at radius 2 is 2.12 bits per heavy atom. The third-order valence-electron chi connectivity index (χ3n) is 6.01. The van der Waals surface area contributed by atoms with E-state index in [0.717, 1.165) is 43.3 Å². The smallest absolute Gasteiger partial charge is 0.270 e. The van der Waals surface area contributed by atoms with E-state index in [9.17, 15) is 9.59 Å². The average Bonchev–Trinajstić information content (AvgIpc) is 3.30. The molecule has 0 aromatic carbocycles. The molecule has 2 aliphatic rings. The molecule has 1 fully saturated rings. The Hall–Kier alpha value is -3.09. The van der Waals surface area contributed by atoms with Gasteiger partial charge < -0.3 is 20.3 Å². The zero-order chi connectivity index (χ0) is 23.5. The number of nitrogens with one attached hydrogen (secondary N) is 2. The number of anilines is 1. The minimum Gasteiger partial charge on any atom is -0.481 e. The monoisotopic (exact) mass is 482 g/mol. The van der Waals surface area contributed by atoms with Gasteiger partial charge in [-0.15, -0.1) is 0 Å². The Morgan fingerprint density at radius 3 is 3.00 bits per heavy atom.